The minimum Gasteiger partial charge on any atom is -0.445 e. The minimum absolute atomic E-state index is 0.151. The van der Waals surface area contributed by atoms with Crippen molar-refractivity contribution in [3.05, 3.63) is 60.7 Å². The van der Waals surface area contributed by atoms with E-state index in [0.717, 1.165) is 5.56 Å². The lowest BCUT2D eigenvalue weighted by Gasteiger charge is -2.52. The van der Waals surface area contributed by atoms with Gasteiger partial charge in [-0.05, 0) is 5.56 Å². The number of alkyl carbamates (subject to hydrolysis) is 1. The lowest BCUT2D eigenvalue weighted by molar-refractivity contribution is -0.469. The van der Waals surface area contributed by atoms with E-state index in [1.54, 1.807) is 18.2 Å². The first kappa shape index (κ1) is 17.7. The van der Waals surface area contributed by atoms with Crippen LogP contribution < -0.4 is 5.32 Å². The van der Waals surface area contributed by atoms with E-state index in [4.69, 9.17) is 18.9 Å². The quantitative estimate of drug-likeness (QED) is 0.803. The van der Waals surface area contributed by atoms with Crippen LogP contribution >= 0.6 is 0 Å². The minimum atomic E-state index is -1.33. The van der Waals surface area contributed by atoms with E-state index in [1.807, 2.05) is 37.3 Å². The Labute approximate surface area is 147 Å². The summed E-state index contributed by atoms with van der Waals surface area (Å²) < 4.78 is 22.6. The Bertz CT molecular complexity index is 618. The maximum atomic E-state index is 12.2. The van der Waals surface area contributed by atoms with Gasteiger partial charge < -0.3 is 24.3 Å². The zero-order valence-corrected chi connectivity index (χ0v) is 14.3. The Morgan fingerprint density at radius 2 is 1.92 bits per heavy atom. The number of fused-ring (bicyclic) bond motifs is 3. The van der Waals surface area contributed by atoms with E-state index < -0.39 is 18.1 Å². The largest absolute Gasteiger partial charge is 0.445 e. The number of rotatable bonds is 6. The van der Waals surface area contributed by atoms with Crippen LogP contribution in [0.3, 0.4) is 0 Å². The number of allylic oxidation sites excluding steroid dienone is 2. The fourth-order valence-electron chi connectivity index (χ4n) is 2.68. The molecule has 3 heterocycles. The Kier molecular flexibility index (Phi) is 5.22. The molecule has 25 heavy (non-hydrogen) atoms. The second kappa shape index (κ2) is 7.39. The number of hydrogen-bond acceptors (Lipinski definition) is 5. The highest BCUT2D eigenvalue weighted by atomic mass is 16.9. The van der Waals surface area contributed by atoms with Gasteiger partial charge in [-0.25, -0.2) is 4.79 Å². The van der Waals surface area contributed by atoms with Crippen LogP contribution in [-0.2, 0) is 25.6 Å². The highest BCUT2D eigenvalue weighted by molar-refractivity contribution is 5.68. The number of ether oxygens (including phenoxy) is 4. The standard InChI is InChI=1S/C19H23NO5/c1-3-4-10-16(19-23-12-18(2,13-24-19)14-25-19)20-17(21)22-11-15-8-6-5-7-9-15/h3-10,16H,1,11-14H2,2H3,(H,20,21)/b10-4+/t16-,18?,19?/m0/s1. The van der Waals surface area contributed by atoms with Crippen LogP contribution in [0.25, 0.3) is 0 Å². The van der Waals surface area contributed by atoms with Crippen LogP contribution in [0, 0.1) is 5.41 Å². The van der Waals surface area contributed by atoms with Gasteiger partial charge in [0.15, 0.2) is 0 Å². The van der Waals surface area contributed by atoms with Gasteiger partial charge in [0.2, 0.25) is 0 Å². The number of nitrogens with one attached hydrogen (secondary N) is 1. The van der Waals surface area contributed by atoms with Crippen LogP contribution in [0.4, 0.5) is 4.79 Å². The second-order valence-corrected chi connectivity index (χ2v) is 6.58. The highest BCUT2D eigenvalue weighted by Gasteiger charge is 2.54. The van der Waals surface area contributed by atoms with Crippen molar-refractivity contribution in [2.45, 2.75) is 25.5 Å². The number of carbonyl (C=O) groups excluding carboxylic acids is 1. The van der Waals surface area contributed by atoms with Crippen LogP contribution in [0.15, 0.2) is 55.1 Å². The van der Waals surface area contributed by atoms with Crippen molar-refractivity contribution in [3.63, 3.8) is 0 Å². The third kappa shape index (κ3) is 4.10. The average molecular weight is 345 g/mol. The Morgan fingerprint density at radius 1 is 1.28 bits per heavy atom. The van der Waals surface area contributed by atoms with Crippen molar-refractivity contribution in [1.82, 2.24) is 5.32 Å². The fourth-order valence-corrected chi connectivity index (χ4v) is 2.68. The molecule has 0 radical (unpaired) electrons. The SMILES string of the molecule is C=C/C=C/[C@H](NC(=O)OCc1ccccc1)C12OCC(C)(CO1)CO2. The summed E-state index contributed by atoms with van der Waals surface area (Å²) in [7, 11) is 0. The predicted molar refractivity (Wildman–Crippen MR) is 91.6 cm³/mol. The maximum absolute atomic E-state index is 12.2. The van der Waals surface area contributed by atoms with Gasteiger partial charge in [-0.3, -0.25) is 0 Å². The topological polar surface area (TPSA) is 66.0 Å². The molecule has 1 amide bonds. The molecule has 3 saturated heterocycles. The summed E-state index contributed by atoms with van der Waals surface area (Å²) >= 11 is 0. The Hall–Kier alpha value is -2.15. The molecule has 134 valence electrons. The molecular formula is C19H23NO5. The van der Waals surface area contributed by atoms with E-state index in [9.17, 15) is 4.79 Å². The zero-order valence-electron chi connectivity index (χ0n) is 14.3. The summed E-state index contributed by atoms with van der Waals surface area (Å²) in [5.41, 5.74) is 0.756. The predicted octanol–water partition coefficient (Wildman–Crippen LogP) is 2.76. The number of carbonyl (C=O) groups is 1. The van der Waals surface area contributed by atoms with Crippen molar-refractivity contribution < 1.29 is 23.7 Å². The third-order valence-corrected chi connectivity index (χ3v) is 4.17. The average Bonchev–Trinajstić information content (AvgIpc) is 2.65. The van der Waals surface area contributed by atoms with E-state index in [-0.39, 0.29) is 12.0 Å². The summed E-state index contributed by atoms with van der Waals surface area (Å²) in [6, 6.07) is 8.81. The summed E-state index contributed by atoms with van der Waals surface area (Å²) in [5, 5.41) is 2.75. The van der Waals surface area contributed by atoms with Gasteiger partial charge in [0.1, 0.15) is 12.6 Å². The molecule has 0 aliphatic carbocycles. The molecule has 0 aromatic heterocycles. The smallest absolute Gasteiger partial charge is 0.408 e. The number of benzene rings is 1. The molecule has 3 aliphatic heterocycles. The van der Waals surface area contributed by atoms with E-state index in [2.05, 4.69) is 11.9 Å². The molecule has 0 spiro atoms. The maximum Gasteiger partial charge on any atom is 0.408 e. The van der Waals surface area contributed by atoms with Crippen LogP contribution in [0.1, 0.15) is 12.5 Å². The van der Waals surface area contributed by atoms with Gasteiger partial charge in [0.05, 0.1) is 19.8 Å². The lowest BCUT2D eigenvalue weighted by atomic mass is 9.91. The van der Waals surface area contributed by atoms with Crippen molar-refractivity contribution in [3.8, 4) is 0 Å². The molecule has 1 aromatic carbocycles. The first-order valence-electron chi connectivity index (χ1n) is 8.24. The van der Waals surface area contributed by atoms with Gasteiger partial charge >= 0.3 is 12.1 Å². The Balaban J connectivity index is 1.64. The van der Waals surface area contributed by atoms with Gasteiger partial charge in [-0.2, -0.15) is 0 Å². The van der Waals surface area contributed by atoms with Gasteiger partial charge in [0.25, 0.3) is 0 Å². The molecule has 1 aromatic rings. The molecule has 2 bridgehead atoms. The number of amides is 1. The lowest BCUT2D eigenvalue weighted by Crippen LogP contribution is -2.66. The molecule has 6 nitrogen and oxygen atoms in total. The van der Waals surface area contributed by atoms with Crippen LogP contribution in [0.2, 0.25) is 0 Å². The monoisotopic (exact) mass is 345 g/mol. The second-order valence-electron chi connectivity index (χ2n) is 6.58. The van der Waals surface area contributed by atoms with E-state index in [0.29, 0.717) is 19.8 Å². The summed E-state index contributed by atoms with van der Waals surface area (Å²) in [6.45, 7) is 7.38. The molecule has 0 unspecified atom stereocenters. The van der Waals surface area contributed by atoms with Crippen molar-refractivity contribution >= 4 is 6.09 Å². The number of hydrogen-bond donors (Lipinski definition) is 1. The Morgan fingerprint density at radius 3 is 2.52 bits per heavy atom. The summed E-state index contributed by atoms with van der Waals surface area (Å²) in [4.78, 5) is 12.2. The molecular weight excluding hydrogens is 322 g/mol. The fraction of sp³-hybridized carbons (Fsp3) is 0.421. The van der Waals surface area contributed by atoms with Crippen molar-refractivity contribution in [2.75, 3.05) is 19.8 Å². The van der Waals surface area contributed by atoms with Crippen molar-refractivity contribution in [1.29, 1.82) is 0 Å². The molecule has 1 atom stereocenters. The van der Waals surface area contributed by atoms with E-state index >= 15 is 0 Å². The van der Waals surface area contributed by atoms with Crippen LogP contribution in [-0.4, -0.2) is 37.9 Å². The van der Waals surface area contributed by atoms with Crippen LogP contribution in [0.5, 0.6) is 0 Å². The summed E-state index contributed by atoms with van der Waals surface area (Å²) in [5.74, 6) is -1.33. The molecule has 4 rings (SSSR count). The first-order chi connectivity index (χ1) is 12.1. The molecule has 3 aliphatic rings. The van der Waals surface area contributed by atoms with Gasteiger partial charge in [-0.15, -0.1) is 0 Å². The highest BCUT2D eigenvalue weighted by Crippen LogP contribution is 2.40. The van der Waals surface area contributed by atoms with Gasteiger partial charge in [0, 0.05) is 5.41 Å². The normalized spacial score (nSPS) is 29.3. The first-order valence-corrected chi connectivity index (χ1v) is 8.24. The third-order valence-electron chi connectivity index (χ3n) is 4.17. The molecule has 1 N–H and O–H groups in total. The van der Waals surface area contributed by atoms with Gasteiger partial charge in [-0.1, -0.05) is 62.1 Å². The molecule has 0 saturated carbocycles. The molecule has 3 fully saturated rings. The van der Waals surface area contributed by atoms with Crippen molar-refractivity contribution in [2.24, 2.45) is 5.41 Å². The zero-order chi connectivity index (χ0) is 17.8. The summed E-state index contributed by atoms with van der Waals surface area (Å²) in [6.07, 6.45) is 4.45. The van der Waals surface area contributed by atoms with E-state index in [1.165, 1.54) is 0 Å². The molecule has 6 heteroatoms.